The fraction of sp³-hybridized carbons (Fsp3) is 0.368. The number of rotatable bonds is 6. The number of aromatic amines is 1. The van der Waals surface area contributed by atoms with E-state index in [1.165, 1.54) is 19.2 Å². The molecule has 1 amide bonds. The minimum Gasteiger partial charge on any atom is -0.497 e. The van der Waals surface area contributed by atoms with Gasteiger partial charge in [-0.2, -0.15) is 4.72 Å². The van der Waals surface area contributed by atoms with Crippen molar-refractivity contribution in [3.8, 4) is 5.75 Å². The molecule has 0 spiro atoms. The zero-order valence-corrected chi connectivity index (χ0v) is 16.8. The third-order valence-corrected chi connectivity index (χ3v) is 6.29. The van der Waals surface area contributed by atoms with Crippen LogP contribution >= 0.6 is 0 Å². The van der Waals surface area contributed by atoms with Gasteiger partial charge in [0.2, 0.25) is 15.9 Å². The number of sulfonamides is 1. The van der Waals surface area contributed by atoms with Gasteiger partial charge < -0.3 is 14.5 Å². The number of carbonyl (C=O) groups excluding carboxylic acids is 1. The van der Waals surface area contributed by atoms with E-state index in [4.69, 9.17) is 4.74 Å². The highest BCUT2D eigenvalue weighted by molar-refractivity contribution is 7.89. The van der Waals surface area contributed by atoms with Gasteiger partial charge in [-0.15, -0.1) is 0 Å². The Hall–Kier alpha value is -2.65. The number of H-pyrrole nitrogens is 1. The molecule has 2 N–H and O–H groups in total. The molecule has 0 bridgehead atoms. The van der Waals surface area contributed by atoms with Crippen molar-refractivity contribution in [2.75, 3.05) is 38.2 Å². The third-order valence-electron chi connectivity index (χ3n) is 4.73. The lowest BCUT2D eigenvalue weighted by Crippen LogP contribution is -2.54. The van der Waals surface area contributed by atoms with Gasteiger partial charge in [0, 0.05) is 44.0 Å². The van der Waals surface area contributed by atoms with Crippen LogP contribution in [0.15, 0.2) is 53.7 Å². The third kappa shape index (κ3) is 4.60. The van der Waals surface area contributed by atoms with E-state index in [0.717, 1.165) is 5.69 Å². The molecule has 1 aromatic carbocycles. The number of methoxy groups -OCH3 is 1. The number of ether oxygens (including phenoxy) is 1. The normalized spacial score (nSPS) is 15.9. The number of pyridine rings is 1. The van der Waals surface area contributed by atoms with E-state index in [2.05, 4.69) is 14.6 Å². The molecule has 1 fully saturated rings. The van der Waals surface area contributed by atoms with Crippen LogP contribution in [0, 0.1) is 0 Å². The SMILES string of the molecule is COc1ccc(S(=O)(=O)N[C@@H](C)C(=O)N2CCN(c3cc[nH+]cc3)CC2)cc1. The van der Waals surface area contributed by atoms with Gasteiger partial charge in [-0.05, 0) is 31.2 Å². The summed E-state index contributed by atoms with van der Waals surface area (Å²) in [5.41, 5.74) is 1.10. The Balaban J connectivity index is 1.58. The van der Waals surface area contributed by atoms with Crippen molar-refractivity contribution in [2.24, 2.45) is 0 Å². The zero-order valence-electron chi connectivity index (χ0n) is 16.0. The molecule has 8 nitrogen and oxygen atoms in total. The zero-order chi connectivity index (χ0) is 20.1. The first kappa shape index (κ1) is 20.1. The summed E-state index contributed by atoms with van der Waals surface area (Å²) in [5, 5.41) is 0. The molecule has 0 aliphatic carbocycles. The van der Waals surface area contributed by atoms with Crippen LogP contribution in [0.5, 0.6) is 5.75 Å². The monoisotopic (exact) mass is 405 g/mol. The number of piperazine rings is 1. The van der Waals surface area contributed by atoms with Crippen LogP contribution in [0.3, 0.4) is 0 Å². The predicted molar refractivity (Wildman–Crippen MR) is 105 cm³/mol. The first-order chi connectivity index (χ1) is 13.4. The molecular formula is C19H25N4O4S+. The van der Waals surface area contributed by atoms with Crippen molar-refractivity contribution in [3.05, 3.63) is 48.8 Å². The van der Waals surface area contributed by atoms with Crippen molar-refractivity contribution < 1.29 is 22.9 Å². The molecule has 1 aliphatic rings. The second kappa shape index (κ2) is 8.57. The minimum atomic E-state index is -3.79. The van der Waals surface area contributed by atoms with Gasteiger partial charge in [-0.3, -0.25) is 4.79 Å². The standard InChI is InChI=1S/C19H24N4O4S/c1-15(21-28(25,26)18-5-3-17(27-2)4-6-18)19(24)23-13-11-22(12-14-23)16-7-9-20-10-8-16/h3-10,15,21H,11-14H2,1-2H3/p+1/t15-/m0/s1. The first-order valence-electron chi connectivity index (χ1n) is 9.07. The fourth-order valence-electron chi connectivity index (χ4n) is 3.15. The van der Waals surface area contributed by atoms with Crippen molar-refractivity contribution >= 4 is 21.6 Å². The summed E-state index contributed by atoms with van der Waals surface area (Å²) in [4.78, 5) is 19.7. The molecule has 9 heteroatoms. The number of nitrogens with zero attached hydrogens (tertiary/aromatic N) is 2. The summed E-state index contributed by atoms with van der Waals surface area (Å²) in [6, 6.07) is 9.18. The average Bonchev–Trinajstić information content (AvgIpc) is 2.73. The highest BCUT2D eigenvalue weighted by Crippen LogP contribution is 2.17. The highest BCUT2D eigenvalue weighted by atomic mass is 32.2. The molecule has 3 rings (SSSR count). The topological polar surface area (TPSA) is 93.1 Å². The quantitative estimate of drug-likeness (QED) is 0.757. The summed E-state index contributed by atoms with van der Waals surface area (Å²) >= 11 is 0. The van der Waals surface area contributed by atoms with Crippen LogP contribution in [0.4, 0.5) is 5.69 Å². The van der Waals surface area contributed by atoms with Gasteiger partial charge in [0.1, 0.15) is 5.75 Å². The molecule has 150 valence electrons. The molecule has 1 aromatic heterocycles. The second-order valence-corrected chi connectivity index (χ2v) is 8.30. The Morgan fingerprint density at radius 1 is 1.07 bits per heavy atom. The number of amides is 1. The molecular weight excluding hydrogens is 380 g/mol. The number of carbonyl (C=O) groups is 1. The first-order valence-corrected chi connectivity index (χ1v) is 10.6. The van der Waals surface area contributed by atoms with Crippen molar-refractivity contribution in [1.82, 2.24) is 9.62 Å². The Bertz CT molecular complexity index is 895. The Morgan fingerprint density at radius 2 is 1.68 bits per heavy atom. The summed E-state index contributed by atoms with van der Waals surface area (Å²) in [6.45, 7) is 4.07. The highest BCUT2D eigenvalue weighted by Gasteiger charge is 2.28. The van der Waals surface area contributed by atoms with Gasteiger partial charge in [0.05, 0.1) is 18.0 Å². The Kier molecular flexibility index (Phi) is 6.15. The molecule has 2 heterocycles. The number of anilines is 1. The van der Waals surface area contributed by atoms with E-state index in [1.54, 1.807) is 24.0 Å². The maximum absolute atomic E-state index is 12.7. The van der Waals surface area contributed by atoms with Crippen LogP contribution in [0.2, 0.25) is 0 Å². The molecule has 1 aliphatic heterocycles. The summed E-state index contributed by atoms with van der Waals surface area (Å²) in [7, 11) is -2.28. The Morgan fingerprint density at radius 3 is 2.25 bits per heavy atom. The smallest absolute Gasteiger partial charge is 0.241 e. The Labute approximate surface area is 165 Å². The molecule has 2 aromatic rings. The number of hydrogen-bond donors (Lipinski definition) is 1. The maximum atomic E-state index is 12.7. The number of hydrogen-bond acceptors (Lipinski definition) is 5. The number of nitrogens with one attached hydrogen (secondary N) is 2. The summed E-state index contributed by atoms with van der Waals surface area (Å²) in [6.07, 6.45) is 3.73. The minimum absolute atomic E-state index is 0.0960. The molecule has 0 radical (unpaired) electrons. The lowest BCUT2D eigenvalue weighted by atomic mass is 10.2. The number of benzene rings is 1. The fourth-order valence-corrected chi connectivity index (χ4v) is 4.35. The van der Waals surface area contributed by atoms with Crippen LogP contribution in [-0.2, 0) is 14.8 Å². The van der Waals surface area contributed by atoms with Crippen molar-refractivity contribution in [3.63, 3.8) is 0 Å². The second-order valence-electron chi connectivity index (χ2n) is 6.59. The summed E-state index contributed by atoms with van der Waals surface area (Å²) in [5.74, 6) is 0.343. The van der Waals surface area contributed by atoms with Gasteiger partial charge >= 0.3 is 0 Å². The van der Waals surface area contributed by atoms with E-state index in [0.29, 0.717) is 31.9 Å². The molecule has 28 heavy (non-hydrogen) atoms. The van der Waals surface area contributed by atoms with Gasteiger partial charge in [0.15, 0.2) is 12.4 Å². The average molecular weight is 406 g/mol. The molecule has 1 saturated heterocycles. The molecule has 0 unspecified atom stereocenters. The van der Waals surface area contributed by atoms with Crippen molar-refractivity contribution in [2.45, 2.75) is 17.9 Å². The largest absolute Gasteiger partial charge is 0.497 e. The van der Waals surface area contributed by atoms with E-state index in [-0.39, 0.29) is 10.8 Å². The van der Waals surface area contributed by atoms with E-state index in [1.807, 2.05) is 24.5 Å². The van der Waals surface area contributed by atoms with Gasteiger partial charge in [0.25, 0.3) is 0 Å². The summed E-state index contributed by atoms with van der Waals surface area (Å²) < 4.78 is 32.6. The number of aromatic nitrogens is 1. The predicted octanol–water partition coefficient (Wildman–Crippen LogP) is 0.525. The maximum Gasteiger partial charge on any atom is 0.241 e. The van der Waals surface area contributed by atoms with E-state index < -0.39 is 16.1 Å². The van der Waals surface area contributed by atoms with Crippen LogP contribution < -0.4 is 19.3 Å². The van der Waals surface area contributed by atoms with Crippen LogP contribution in [-0.4, -0.2) is 58.6 Å². The van der Waals surface area contributed by atoms with E-state index >= 15 is 0 Å². The van der Waals surface area contributed by atoms with Crippen LogP contribution in [0.25, 0.3) is 0 Å². The molecule has 0 saturated carbocycles. The van der Waals surface area contributed by atoms with Gasteiger partial charge in [-0.25, -0.2) is 13.4 Å². The van der Waals surface area contributed by atoms with Crippen molar-refractivity contribution in [1.29, 1.82) is 0 Å². The molecule has 1 atom stereocenters. The van der Waals surface area contributed by atoms with Gasteiger partial charge in [-0.1, -0.05) is 0 Å². The lowest BCUT2D eigenvalue weighted by molar-refractivity contribution is -0.377. The van der Waals surface area contributed by atoms with E-state index in [9.17, 15) is 13.2 Å². The lowest BCUT2D eigenvalue weighted by Gasteiger charge is -2.36. The van der Waals surface area contributed by atoms with Crippen LogP contribution in [0.1, 0.15) is 6.92 Å².